The van der Waals surface area contributed by atoms with Crippen molar-refractivity contribution >= 4 is 18.9 Å². The maximum Gasteiger partial charge on any atom is 0.407 e. The molecule has 1 unspecified atom stereocenters. The van der Waals surface area contributed by atoms with Crippen LogP contribution in [0.1, 0.15) is 65.7 Å². The second-order valence-corrected chi connectivity index (χ2v) is 10.2. The van der Waals surface area contributed by atoms with Gasteiger partial charge in [-0.15, -0.1) is 0 Å². The van der Waals surface area contributed by atoms with Crippen molar-refractivity contribution in [3.05, 3.63) is 60.7 Å². The van der Waals surface area contributed by atoms with Crippen molar-refractivity contribution in [2.75, 3.05) is 6.61 Å². The minimum Gasteiger partial charge on any atom is -0.388 e. The Morgan fingerprint density at radius 2 is 1.26 bits per heavy atom. The summed E-state index contributed by atoms with van der Waals surface area (Å²) in [6.45, 7) is 7.44. The number of rotatable bonds is 13. The van der Waals surface area contributed by atoms with Gasteiger partial charge in [0.2, 0.25) is 0 Å². The van der Waals surface area contributed by atoms with E-state index in [2.05, 4.69) is 81.4 Å². The molecule has 148 valence electrons. The van der Waals surface area contributed by atoms with Crippen LogP contribution < -0.4 is 10.4 Å². The average molecular weight is 385 g/mol. The molecule has 0 aliphatic heterocycles. The first kappa shape index (κ1) is 21.9. The van der Waals surface area contributed by atoms with Gasteiger partial charge in [0.1, 0.15) is 0 Å². The Hall–Kier alpha value is -1.42. The van der Waals surface area contributed by atoms with Crippen LogP contribution >= 0.6 is 0 Å². The molecular formula is C24H36O2Si. The molecule has 0 N–H and O–H groups in total. The Labute approximate surface area is 167 Å². The zero-order valence-corrected chi connectivity index (χ0v) is 18.3. The molecule has 0 fully saturated rings. The topological polar surface area (TPSA) is 18.5 Å². The molecule has 0 radical (unpaired) electrons. The number of hydrogen-bond acceptors (Lipinski definition) is 2. The Balaban J connectivity index is 2.33. The van der Waals surface area contributed by atoms with Crippen molar-refractivity contribution in [3.8, 4) is 0 Å². The second-order valence-electron chi connectivity index (χ2n) is 7.33. The summed E-state index contributed by atoms with van der Waals surface area (Å²) in [6, 6.07) is 21.2. The highest BCUT2D eigenvalue weighted by molar-refractivity contribution is 6.92. The first-order valence-electron chi connectivity index (χ1n) is 10.7. The molecule has 0 saturated heterocycles. The Kier molecular flexibility index (Phi) is 9.82. The number of unbranched alkanes of at least 4 members (excludes halogenated alkanes) is 4. The van der Waals surface area contributed by atoms with Gasteiger partial charge in [-0.25, -0.2) is 0 Å². The van der Waals surface area contributed by atoms with E-state index in [9.17, 15) is 0 Å². The molecule has 0 bridgehead atoms. The van der Waals surface area contributed by atoms with Crippen molar-refractivity contribution in [3.63, 3.8) is 0 Å². The van der Waals surface area contributed by atoms with Crippen molar-refractivity contribution in [2.24, 2.45) is 0 Å². The van der Waals surface area contributed by atoms with Crippen molar-refractivity contribution in [1.29, 1.82) is 0 Å². The molecule has 0 heterocycles. The maximum absolute atomic E-state index is 6.85. The van der Waals surface area contributed by atoms with Crippen LogP contribution in [0.2, 0.25) is 0 Å². The fraction of sp³-hybridized carbons (Fsp3) is 0.500. The standard InChI is InChI=1S/C24H36O2Si/c1-4-6-10-16-22(3)26-27(25-21-15-7-5-2,23-17-11-8-12-18-23)24-19-13-9-14-20-24/h8-9,11-14,17-20,22H,4-7,10,15-16,21H2,1-3H3. The van der Waals surface area contributed by atoms with Crippen LogP contribution in [0, 0.1) is 0 Å². The van der Waals surface area contributed by atoms with Gasteiger partial charge in [-0.05, 0) is 30.1 Å². The minimum absolute atomic E-state index is 0.190. The van der Waals surface area contributed by atoms with Crippen LogP contribution in [0.5, 0.6) is 0 Å². The van der Waals surface area contributed by atoms with Crippen LogP contribution in [0.15, 0.2) is 60.7 Å². The lowest BCUT2D eigenvalue weighted by atomic mass is 10.1. The smallest absolute Gasteiger partial charge is 0.388 e. The van der Waals surface area contributed by atoms with Gasteiger partial charge in [0.05, 0.1) is 0 Å². The molecule has 0 saturated carbocycles. The first-order chi connectivity index (χ1) is 13.2. The summed E-state index contributed by atoms with van der Waals surface area (Å²) in [5, 5.41) is 2.41. The molecule has 0 amide bonds. The molecule has 0 aromatic heterocycles. The second kappa shape index (κ2) is 12.1. The summed E-state index contributed by atoms with van der Waals surface area (Å²) in [7, 11) is -2.72. The zero-order chi connectivity index (χ0) is 19.4. The molecule has 0 aliphatic rings. The third-order valence-corrected chi connectivity index (χ3v) is 8.47. The normalized spacial score (nSPS) is 12.9. The molecule has 0 aliphatic carbocycles. The van der Waals surface area contributed by atoms with Crippen LogP contribution in [0.25, 0.3) is 0 Å². The largest absolute Gasteiger partial charge is 0.407 e. The molecule has 0 spiro atoms. The maximum atomic E-state index is 6.85. The molecule has 2 aromatic carbocycles. The molecule has 2 nitrogen and oxygen atoms in total. The quantitative estimate of drug-likeness (QED) is 0.338. The van der Waals surface area contributed by atoms with Crippen molar-refractivity contribution < 1.29 is 8.85 Å². The Morgan fingerprint density at radius 3 is 1.78 bits per heavy atom. The monoisotopic (exact) mass is 384 g/mol. The van der Waals surface area contributed by atoms with Crippen LogP contribution in [-0.4, -0.2) is 21.3 Å². The average Bonchev–Trinajstić information content (AvgIpc) is 2.72. The Morgan fingerprint density at radius 1 is 0.741 bits per heavy atom. The third kappa shape index (κ3) is 6.60. The molecule has 2 rings (SSSR count). The van der Waals surface area contributed by atoms with Gasteiger partial charge in [0.15, 0.2) is 0 Å². The fourth-order valence-electron chi connectivity index (χ4n) is 3.41. The van der Waals surface area contributed by atoms with E-state index < -0.39 is 8.56 Å². The van der Waals surface area contributed by atoms with E-state index in [4.69, 9.17) is 8.85 Å². The molecule has 2 aromatic rings. The van der Waals surface area contributed by atoms with E-state index in [-0.39, 0.29) is 6.10 Å². The Bertz CT molecular complexity index is 575. The van der Waals surface area contributed by atoms with Gasteiger partial charge >= 0.3 is 8.56 Å². The summed E-state index contributed by atoms with van der Waals surface area (Å²) in [5.74, 6) is 0. The van der Waals surface area contributed by atoms with E-state index >= 15 is 0 Å². The number of hydrogen-bond donors (Lipinski definition) is 0. The van der Waals surface area contributed by atoms with Crippen LogP contribution in [-0.2, 0) is 8.85 Å². The molecule has 3 heteroatoms. The van der Waals surface area contributed by atoms with E-state index in [1.165, 1.54) is 42.5 Å². The van der Waals surface area contributed by atoms with Gasteiger partial charge in [0.25, 0.3) is 0 Å². The fourth-order valence-corrected chi connectivity index (χ4v) is 6.80. The predicted molar refractivity (Wildman–Crippen MR) is 118 cm³/mol. The zero-order valence-electron chi connectivity index (χ0n) is 17.3. The van der Waals surface area contributed by atoms with Gasteiger partial charge in [-0.3, -0.25) is 0 Å². The summed E-state index contributed by atoms with van der Waals surface area (Å²) < 4.78 is 13.6. The van der Waals surface area contributed by atoms with Crippen molar-refractivity contribution in [1.82, 2.24) is 0 Å². The molecule has 27 heavy (non-hydrogen) atoms. The van der Waals surface area contributed by atoms with Gasteiger partial charge in [-0.1, -0.05) is 107 Å². The highest BCUT2D eigenvalue weighted by Gasteiger charge is 2.43. The lowest BCUT2D eigenvalue weighted by Crippen LogP contribution is -2.64. The minimum atomic E-state index is -2.72. The first-order valence-corrected chi connectivity index (χ1v) is 12.5. The lowest BCUT2D eigenvalue weighted by molar-refractivity contribution is 0.132. The van der Waals surface area contributed by atoms with E-state index in [1.54, 1.807) is 0 Å². The van der Waals surface area contributed by atoms with Gasteiger partial charge < -0.3 is 8.85 Å². The van der Waals surface area contributed by atoms with Gasteiger partial charge in [0, 0.05) is 12.7 Å². The molecule has 1 atom stereocenters. The summed E-state index contributed by atoms with van der Waals surface area (Å²) in [4.78, 5) is 0. The molecular weight excluding hydrogens is 348 g/mol. The third-order valence-electron chi connectivity index (χ3n) is 4.94. The van der Waals surface area contributed by atoms with Crippen molar-refractivity contribution in [2.45, 2.75) is 71.8 Å². The van der Waals surface area contributed by atoms with E-state index in [0.717, 1.165) is 19.4 Å². The summed E-state index contributed by atoms with van der Waals surface area (Å²) in [5.41, 5.74) is 0. The van der Waals surface area contributed by atoms with E-state index in [1.807, 2.05) is 0 Å². The summed E-state index contributed by atoms with van der Waals surface area (Å²) in [6.07, 6.45) is 8.45. The van der Waals surface area contributed by atoms with Crippen LogP contribution in [0.3, 0.4) is 0 Å². The lowest BCUT2D eigenvalue weighted by Gasteiger charge is -2.34. The highest BCUT2D eigenvalue weighted by Crippen LogP contribution is 2.17. The van der Waals surface area contributed by atoms with E-state index in [0.29, 0.717) is 0 Å². The van der Waals surface area contributed by atoms with Gasteiger partial charge in [-0.2, -0.15) is 0 Å². The predicted octanol–water partition coefficient (Wildman–Crippen LogP) is 5.44. The summed E-state index contributed by atoms with van der Waals surface area (Å²) >= 11 is 0. The number of benzene rings is 2. The SMILES string of the molecule is CCCCCO[Si](OC(C)CCCCC)(c1ccccc1)c1ccccc1. The highest BCUT2D eigenvalue weighted by atomic mass is 28.4. The van der Waals surface area contributed by atoms with Crippen LogP contribution in [0.4, 0.5) is 0 Å².